The van der Waals surface area contributed by atoms with Gasteiger partial charge in [-0.2, -0.15) is 0 Å². The van der Waals surface area contributed by atoms with Crippen LogP contribution in [0.5, 0.6) is 11.5 Å². The van der Waals surface area contributed by atoms with Crippen LogP contribution in [-0.4, -0.2) is 35.1 Å². The summed E-state index contributed by atoms with van der Waals surface area (Å²) in [7, 11) is 1.90. The van der Waals surface area contributed by atoms with Crippen LogP contribution in [0.25, 0.3) is 0 Å². The lowest BCUT2D eigenvalue weighted by Crippen LogP contribution is -2.32. The lowest BCUT2D eigenvalue weighted by Gasteiger charge is -2.29. The summed E-state index contributed by atoms with van der Waals surface area (Å²) in [6.07, 6.45) is 3.86. The first-order valence-corrected chi connectivity index (χ1v) is 8.06. The highest BCUT2D eigenvalue weighted by molar-refractivity contribution is 5.93. The third kappa shape index (κ3) is 2.36. The molecule has 4 rings (SSSR count). The molecule has 0 unspecified atom stereocenters. The second-order valence-corrected chi connectivity index (χ2v) is 6.03. The van der Waals surface area contributed by atoms with E-state index in [1.165, 1.54) is 0 Å². The Labute approximate surface area is 135 Å². The molecule has 2 aliphatic rings. The first-order valence-electron chi connectivity index (χ1n) is 8.06. The highest BCUT2D eigenvalue weighted by Gasteiger charge is 2.34. The summed E-state index contributed by atoms with van der Waals surface area (Å²) in [4.78, 5) is 14.9. The second kappa shape index (κ2) is 5.65. The van der Waals surface area contributed by atoms with Gasteiger partial charge in [0.1, 0.15) is 18.9 Å². The zero-order valence-electron chi connectivity index (χ0n) is 13.2. The van der Waals surface area contributed by atoms with Crippen molar-refractivity contribution in [3.8, 4) is 11.5 Å². The van der Waals surface area contributed by atoms with E-state index in [-0.39, 0.29) is 11.9 Å². The Kier molecular flexibility index (Phi) is 3.48. The molecular weight excluding hydrogens is 292 g/mol. The quantitative estimate of drug-likeness (QED) is 0.856. The van der Waals surface area contributed by atoms with E-state index in [0.29, 0.717) is 13.2 Å². The fraction of sp³-hybridized carbons (Fsp3) is 0.389. The van der Waals surface area contributed by atoms with E-state index in [1.807, 2.05) is 47.0 Å². The number of hydrogen-bond donors (Lipinski definition) is 0. The molecule has 0 radical (unpaired) electrons. The summed E-state index contributed by atoms with van der Waals surface area (Å²) in [6.45, 7) is 1.91. The molecular formula is C18H20N2O3. The zero-order chi connectivity index (χ0) is 15.8. The Morgan fingerprint density at radius 3 is 2.87 bits per heavy atom. The molecule has 120 valence electrons. The molecule has 1 amide bonds. The molecule has 1 aromatic heterocycles. The number of carbonyl (C=O) groups excluding carboxylic acids is 1. The molecule has 1 aromatic carbocycles. The van der Waals surface area contributed by atoms with E-state index in [9.17, 15) is 4.79 Å². The monoisotopic (exact) mass is 312 g/mol. The van der Waals surface area contributed by atoms with Gasteiger partial charge < -0.3 is 18.9 Å². The number of likely N-dealkylation sites (tertiary alicyclic amines) is 1. The fourth-order valence-electron chi connectivity index (χ4n) is 3.52. The topological polar surface area (TPSA) is 43.7 Å². The summed E-state index contributed by atoms with van der Waals surface area (Å²) in [6, 6.07) is 9.78. The number of benzene rings is 1. The van der Waals surface area contributed by atoms with Crippen LogP contribution in [0.4, 0.5) is 0 Å². The SMILES string of the molecule is Cn1cccc1C(=O)N1CCC[C@H]1c1cccc2c1OCCO2. The zero-order valence-corrected chi connectivity index (χ0v) is 13.2. The molecule has 2 aliphatic heterocycles. The van der Waals surface area contributed by atoms with Gasteiger partial charge in [-0.3, -0.25) is 4.79 Å². The van der Waals surface area contributed by atoms with Crippen LogP contribution < -0.4 is 9.47 Å². The maximum atomic E-state index is 12.9. The first kappa shape index (κ1) is 14.2. The summed E-state index contributed by atoms with van der Waals surface area (Å²) in [5.41, 5.74) is 1.78. The Hall–Kier alpha value is -2.43. The first-order chi connectivity index (χ1) is 11.3. The third-order valence-electron chi connectivity index (χ3n) is 4.63. The number of hydrogen-bond acceptors (Lipinski definition) is 3. The predicted octanol–water partition coefficient (Wildman–Crippen LogP) is 2.77. The van der Waals surface area contributed by atoms with Crippen LogP contribution in [0.3, 0.4) is 0 Å². The number of fused-ring (bicyclic) bond motifs is 1. The normalized spacial score (nSPS) is 19.9. The minimum atomic E-state index is 0.0500. The maximum absolute atomic E-state index is 12.9. The third-order valence-corrected chi connectivity index (χ3v) is 4.63. The molecule has 1 atom stereocenters. The van der Waals surface area contributed by atoms with Gasteiger partial charge in [0.25, 0.3) is 5.91 Å². The Balaban J connectivity index is 1.69. The van der Waals surface area contributed by atoms with Crippen LogP contribution in [0.2, 0.25) is 0 Å². The fourth-order valence-corrected chi connectivity index (χ4v) is 3.52. The molecule has 3 heterocycles. The highest BCUT2D eigenvalue weighted by atomic mass is 16.6. The molecule has 5 heteroatoms. The smallest absolute Gasteiger partial charge is 0.270 e. The van der Waals surface area contributed by atoms with Crippen molar-refractivity contribution in [2.45, 2.75) is 18.9 Å². The molecule has 0 bridgehead atoms. The maximum Gasteiger partial charge on any atom is 0.270 e. The van der Waals surface area contributed by atoms with Crippen LogP contribution >= 0.6 is 0 Å². The van der Waals surface area contributed by atoms with Gasteiger partial charge in [-0.1, -0.05) is 12.1 Å². The average molecular weight is 312 g/mol. The van der Waals surface area contributed by atoms with Gasteiger partial charge in [0, 0.05) is 25.4 Å². The van der Waals surface area contributed by atoms with Gasteiger partial charge in [0.05, 0.1) is 6.04 Å². The van der Waals surface area contributed by atoms with Crippen LogP contribution in [0.1, 0.15) is 34.9 Å². The molecule has 2 aromatic rings. The lowest BCUT2D eigenvalue weighted by atomic mass is 10.0. The van der Waals surface area contributed by atoms with Crippen molar-refractivity contribution in [1.29, 1.82) is 0 Å². The number of amides is 1. The summed E-state index contributed by atoms with van der Waals surface area (Å²) < 4.78 is 13.4. The minimum absolute atomic E-state index is 0.0500. The Morgan fingerprint density at radius 1 is 1.17 bits per heavy atom. The van der Waals surface area contributed by atoms with E-state index in [4.69, 9.17) is 9.47 Å². The molecule has 0 spiro atoms. The molecule has 0 saturated carbocycles. The van der Waals surface area contributed by atoms with Crippen LogP contribution in [0, 0.1) is 0 Å². The van der Waals surface area contributed by atoms with Crippen molar-refractivity contribution >= 4 is 5.91 Å². The second-order valence-electron chi connectivity index (χ2n) is 6.03. The minimum Gasteiger partial charge on any atom is -0.486 e. The Morgan fingerprint density at radius 2 is 2.04 bits per heavy atom. The number of para-hydroxylation sites is 1. The van der Waals surface area contributed by atoms with Crippen molar-refractivity contribution < 1.29 is 14.3 Å². The van der Waals surface area contributed by atoms with Gasteiger partial charge in [-0.05, 0) is 31.0 Å². The number of carbonyl (C=O) groups is 1. The van der Waals surface area contributed by atoms with Crippen LogP contribution in [0.15, 0.2) is 36.5 Å². The molecule has 1 saturated heterocycles. The van der Waals surface area contributed by atoms with E-state index < -0.39 is 0 Å². The number of aryl methyl sites for hydroxylation is 1. The van der Waals surface area contributed by atoms with E-state index >= 15 is 0 Å². The predicted molar refractivity (Wildman–Crippen MR) is 85.9 cm³/mol. The summed E-state index contributed by atoms with van der Waals surface area (Å²) in [5.74, 6) is 1.66. The van der Waals surface area contributed by atoms with Crippen LogP contribution in [-0.2, 0) is 7.05 Å². The highest BCUT2D eigenvalue weighted by Crippen LogP contribution is 2.43. The molecule has 0 N–H and O–H groups in total. The summed E-state index contributed by atoms with van der Waals surface area (Å²) in [5, 5.41) is 0. The largest absolute Gasteiger partial charge is 0.486 e. The van der Waals surface area contributed by atoms with Gasteiger partial charge in [0.15, 0.2) is 11.5 Å². The molecule has 5 nitrogen and oxygen atoms in total. The summed E-state index contributed by atoms with van der Waals surface area (Å²) >= 11 is 0. The number of nitrogens with zero attached hydrogens (tertiary/aromatic N) is 2. The average Bonchev–Trinajstić information content (AvgIpc) is 3.22. The van der Waals surface area contributed by atoms with Gasteiger partial charge in [-0.15, -0.1) is 0 Å². The van der Waals surface area contributed by atoms with E-state index in [1.54, 1.807) is 0 Å². The molecule has 1 fully saturated rings. The van der Waals surface area contributed by atoms with Crippen molar-refractivity contribution in [1.82, 2.24) is 9.47 Å². The molecule has 23 heavy (non-hydrogen) atoms. The van der Waals surface area contributed by atoms with Gasteiger partial charge in [0.2, 0.25) is 0 Å². The lowest BCUT2D eigenvalue weighted by molar-refractivity contribution is 0.0721. The number of ether oxygens (including phenoxy) is 2. The van der Waals surface area contributed by atoms with Crippen molar-refractivity contribution in [3.05, 3.63) is 47.8 Å². The van der Waals surface area contributed by atoms with Crippen molar-refractivity contribution in [2.24, 2.45) is 7.05 Å². The van der Waals surface area contributed by atoms with Gasteiger partial charge >= 0.3 is 0 Å². The van der Waals surface area contributed by atoms with E-state index in [2.05, 4.69) is 6.07 Å². The van der Waals surface area contributed by atoms with Crippen molar-refractivity contribution in [3.63, 3.8) is 0 Å². The number of rotatable bonds is 2. The standard InChI is InChI=1S/C18H20N2O3/c1-19-9-3-7-15(19)18(21)20-10-4-6-14(20)13-5-2-8-16-17(13)23-12-11-22-16/h2-3,5,7-9,14H,4,6,10-12H2,1H3/t14-/m0/s1. The van der Waals surface area contributed by atoms with Crippen molar-refractivity contribution in [2.75, 3.05) is 19.8 Å². The van der Waals surface area contributed by atoms with E-state index in [0.717, 1.165) is 42.1 Å². The van der Waals surface area contributed by atoms with Gasteiger partial charge in [-0.25, -0.2) is 0 Å². The number of aromatic nitrogens is 1. The Bertz CT molecular complexity index is 738. The molecule has 0 aliphatic carbocycles.